The molecule has 0 aliphatic heterocycles. The Labute approximate surface area is 209 Å². The summed E-state index contributed by atoms with van der Waals surface area (Å²) in [5.74, 6) is 0.739. The smallest absolute Gasteiger partial charge is 0.232 e. The summed E-state index contributed by atoms with van der Waals surface area (Å²) in [5.41, 5.74) is 7.22. The largest absolute Gasteiger partial charge is 0.354 e. The third-order valence-corrected chi connectivity index (χ3v) is 6.67. The van der Waals surface area contributed by atoms with Gasteiger partial charge in [0.05, 0.1) is 5.41 Å². The highest BCUT2D eigenvalue weighted by Gasteiger charge is 2.33. The van der Waals surface area contributed by atoms with Gasteiger partial charge in [0.25, 0.3) is 0 Å². The van der Waals surface area contributed by atoms with Crippen LogP contribution in [0.2, 0.25) is 0 Å². The molecule has 0 unspecified atom stereocenters. The molecule has 0 fully saturated rings. The van der Waals surface area contributed by atoms with Crippen LogP contribution in [0.25, 0.3) is 22.2 Å². The van der Waals surface area contributed by atoms with Crippen LogP contribution in [0.4, 0.5) is 0 Å². The number of amides is 1. The quantitative estimate of drug-likeness (QED) is 0.193. The molecular formula is C29H37N5O. The number of rotatable bonds is 8. The highest BCUT2D eigenvalue weighted by Crippen LogP contribution is 2.35. The molecule has 3 aromatic rings. The summed E-state index contributed by atoms with van der Waals surface area (Å²) >= 11 is 0. The fourth-order valence-electron chi connectivity index (χ4n) is 4.75. The number of carbonyl (C=O) groups excluding carboxylic acids is 1. The summed E-state index contributed by atoms with van der Waals surface area (Å²) in [6.07, 6.45) is 2.63. The van der Waals surface area contributed by atoms with Crippen LogP contribution in [0.3, 0.4) is 0 Å². The number of amidine groups is 1. The maximum Gasteiger partial charge on any atom is 0.232 e. The number of aromatic nitrogens is 1. The number of likely N-dealkylation sites (N-methyl/N-ethyl adjacent to an activating group) is 1. The number of nitrogens with one attached hydrogen (secondary N) is 2. The molecule has 1 heterocycles. The van der Waals surface area contributed by atoms with Crippen LogP contribution in [-0.2, 0) is 16.6 Å². The van der Waals surface area contributed by atoms with Crippen LogP contribution in [-0.4, -0.2) is 41.3 Å². The van der Waals surface area contributed by atoms with E-state index in [4.69, 9.17) is 5.26 Å². The van der Waals surface area contributed by atoms with Gasteiger partial charge in [0.1, 0.15) is 5.84 Å². The van der Waals surface area contributed by atoms with Crippen molar-refractivity contribution < 1.29 is 4.79 Å². The molecule has 0 atom stereocenters. The van der Waals surface area contributed by atoms with Crippen LogP contribution >= 0.6 is 0 Å². The molecule has 6 heteroatoms. The first-order valence-corrected chi connectivity index (χ1v) is 12.3. The lowest BCUT2D eigenvalue weighted by Crippen LogP contribution is -2.43. The van der Waals surface area contributed by atoms with Gasteiger partial charge in [-0.25, -0.2) is 0 Å². The summed E-state index contributed by atoms with van der Waals surface area (Å²) in [7, 11) is 0. The minimum Gasteiger partial charge on any atom is -0.354 e. The van der Waals surface area contributed by atoms with Crippen molar-refractivity contribution in [1.82, 2.24) is 15.2 Å². The average Bonchev–Trinajstić information content (AvgIpc) is 3.17. The standard InChI is InChI=1S/C29H37N5O/c1-8-34(9-2)28(35)29(6,7)23-10-11-26-25(17-23)24(12-13-31-21(5)32-18-30)27(33-26)22-15-19(3)14-20(4)16-22/h10-11,14-17,33H,8-9,12-13H2,1-7H3,(H,31,32). The number of aliphatic imine (C=N–C) groups is 1. The molecule has 0 aliphatic rings. The van der Waals surface area contributed by atoms with E-state index in [0.29, 0.717) is 31.9 Å². The van der Waals surface area contributed by atoms with Gasteiger partial charge in [-0.2, -0.15) is 5.26 Å². The molecule has 1 amide bonds. The Morgan fingerprint density at radius 3 is 2.37 bits per heavy atom. The number of nitrogens with zero attached hydrogens (tertiary/aromatic N) is 3. The Balaban J connectivity index is 2.14. The van der Waals surface area contributed by atoms with Crippen LogP contribution in [0.1, 0.15) is 56.9 Å². The fraction of sp³-hybridized carbons (Fsp3) is 0.414. The molecule has 0 bridgehead atoms. The first-order chi connectivity index (χ1) is 16.6. The second-order valence-corrected chi connectivity index (χ2v) is 9.67. The molecule has 0 spiro atoms. The number of carbonyl (C=O) groups is 1. The lowest BCUT2D eigenvalue weighted by molar-refractivity contribution is -0.135. The summed E-state index contributed by atoms with van der Waals surface area (Å²) in [5, 5.41) is 12.6. The number of H-pyrrole nitrogens is 1. The number of nitriles is 1. The van der Waals surface area contributed by atoms with E-state index in [1.807, 2.05) is 38.8 Å². The van der Waals surface area contributed by atoms with E-state index in [1.165, 1.54) is 16.7 Å². The maximum atomic E-state index is 13.3. The first-order valence-electron chi connectivity index (χ1n) is 12.3. The van der Waals surface area contributed by atoms with Crippen molar-refractivity contribution in [3.63, 3.8) is 0 Å². The predicted molar refractivity (Wildman–Crippen MR) is 145 cm³/mol. The molecule has 6 nitrogen and oxygen atoms in total. The molecule has 3 rings (SSSR count). The number of hydrogen-bond donors (Lipinski definition) is 2. The van der Waals surface area contributed by atoms with Crippen LogP contribution in [0.15, 0.2) is 41.4 Å². The van der Waals surface area contributed by atoms with Crippen molar-refractivity contribution in [2.24, 2.45) is 4.99 Å². The minimum absolute atomic E-state index is 0.135. The molecule has 2 N–H and O–H groups in total. The Kier molecular flexibility index (Phi) is 8.01. The maximum absolute atomic E-state index is 13.3. The van der Waals surface area contributed by atoms with E-state index >= 15 is 0 Å². The van der Waals surface area contributed by atoms with Gasteiger partial charge in [-0.15, -0.1) is 0 Å². The van der Waals surface area contributed by atoms with Crippen molar-refractivity contribution in [3.05, 3.63) is 58.7 Å². The SMILES string of the molecule is CCN(CC)C(=O)C(C)(C)c1ccc2[nH]c(-c3cc(C)cc(C)c3)c(CCN=C(C)NC#N)c2c1. The van der Waals surface area contributed by atoms with Crippen LogP contribution in [0.5, 0.6) is 0 Å². The molecule has 1 aromatic heterocycles. The molecule has 2 aromatic carbocycles. The minimum atomic E-state index is -0.639. The lowest BCUT2D eigenvalue weighted by atomic mass is 9.82. The highest BCUT2D eigenvalue weighted by atomic mass is 16.2. The molecule has 0 aliphatic carbocycles. The highest BCUT2D eigenvalue weighted by molar-refractivity contribution is 5.94. The number of fused-ring (bicyclic) bond motifs is 1. The van der Waals surface area contributed by atoms with Crippen molar-refractivity contribution in [3.8, 4) is 17.5 Å². The second kappa shape index (κ2) is 10.8. The normalized spacial score (nSPS) is 12.0. The van der Waals surface area contributed by atoms with Gasteiger partial charge in [-0.1, -0.05) is 23.3 Å². The van der Waals surface area contributed by atoms with Crippen molar-refractivity contribution in [1.29, 1.82) is 5.26 Å². The van der Waals surface area contributed by atoms with E-state index in [1.54, 1.807) is 6.92 Å². The van der Waals surface area contributed by atoms with Gasteiger partial charge in [-0.3, -0.25) is 15.1 Å². The van der Waals surface area contributed by atoms with Crippen LogP contribution in [0, 0.1) is 25.3 Å². The topological polar surface area (TPSA) is 84.3 Å². The number of aryl methyl sites for hydroxylation is 2. The van der Waals surface area contributed by atoms with Gasteiger partial charge in [-0.05, 0) is 95.8 Å². The number of hydrogen-bond acceptors (Lipinski definition) is 3. The van der Waals surface area contributed by atoms with Crippen molar-refractivity contribution in [2.45, 2.75) is 60.3 Å². The van der Waals surface area contributed by atoms with Crippen molar-refractivity contribution in [2.75, 3.05) is 19.6 Å². The van der Waals surface area contributed by atoms with Gasteiger partial charge >= 0.3 is 0 Å². The lowest BCUT2D eigenvalue weighted by Gasteiger charge is -2.31. The van der Waals surface area contributed by atoms with Gasteiger partial charge < -0.3 is 9.88 Å². The first kappa shape index (κ1) is 26.0. The Morgan fingerprint density at radius 1 is 1.11 bits per heavy atom. The summed E-state index contributed by atoms with van der Waals surface area (Å²) < 4.78 is 0. The summed E-state index contributed by atoms with van der Waals surface area (Å²) in [6, 6.07) is 12.9. The van der Waals surface area contributed by atoms with E-state index in [-0.39, 0.29) is 5.91 Å². The Bertz CT molecular complexity index is 1270. The number of benzene rings is 2. The van der Waals surface area contributed by atoms with Gasteiger partial charge in [0, 0.05) is 36.2 Å². The van der Waals surface area contributed by atoms with Gasteiger partial charge in [0.2, 0.25) is 5.91 Å². The van der Waals surface area contributed by atoms with E-state index in [0.717, 1.165) is 27.7 Å². The summed E-state index contributed by atoms with van der Waals surface area (Å²) in [6.45, 7) is 16.0. The third-order valence-electron chi connectivity index (χ3n) is 6.67. The molecule has 0 saturated heterocycles. The van der Waals surface area contributed by atoms with Crippen molar-refractivity contribution >= 4 is 22.6 Å². The third kappa shape index (κ3) is 5.57. The Hall–Kier alpha value is -3.59. The molecule has 0 radical (unpaired) electrons. The van der Waals surface area contributed by atoms with E-state index in [2.05, 4.69) is 65.5 Å². The zero-order valence-electron chi connectivity index (χ0n) is 22.0. The second-order valence-electron chi connectivity index (χ2n) is 9.67. The fourth-order valence-corrected chi connectivity index (χ4v) is 4.75. The molecular weight excluding hydrogens is 434 g/mol. The van der Waals surface area contributed by atoms with E-state index < -0.39 is 5.41 Å². The zero-order valence-corrected chi connectivity index (χ0v) is 22.0. The average molecular weight is 472 g/mol. The molecule has 0 saturated carbocycles. The van der Waals surface area contributed by atoms with Crippen LogP contribution < -0.4 is 5.32 Å². The van der Waals surface area contributed by atoms with E-state index in [9.17, 15) is 4.79 Å². The van der Waals surface area contributed by atoms with Gasteiger partial charge in [0.15, 0.2) is 6.19 Å². The Morgan fingerprint density at radius 2 is 1.77 bits per heavy atom. The molecule has 35 heavy (non-hydrogen) atoms. The zero-order chi connectivity index (χ0) is 25.8. The number of aromatic amines is 1. The monoisotopic (exact) mass is 471 g/mol. The molecule has 184 valence electrons. The summed E-state index contributed by atoms with van der Waals surface area (Å²) in [4.78, 5) is 23.4. The predicted octanol–water partition coefficient (Wildman–Crippen LogP) is 5.63.